The molecule has 0 spiro atoms. The summed E-state index contributed by atoms with van der Waals surface area (Å²) in [6.45, 7) is 1.88. The molecule has 0 saturated carbocycles. The van der Waals surface area contributed by atoms with Crippen molar-refractivity contribution in [3.05, 3.63) is 89.5 Å². The van der Waals surface area contributed by atoms with Crippen LogP contribution < -0.4 is 15.4 Å². The highest BCUT2D eigenvalue weighted by atomic mass is 32.2. The topological polar surface area (TPSA) is 59.6 Å². The van der Waals surface area contributed by atoms with Gasteiger partial charge in [0.15, 0.2) is 0 Å². The van der Waals surface area contributed by atoms with Crippen molar-refractivity contribution in [2.75, 3.05) is 26.8 Å². The Bertz CT molecular complexity index is 1090. The number of benzene rings is 3. The van der Waals surface area contributed by atoms with E-state index in [2.05, 4.69) is 59.2 Å². The van der Waals surface area contributed by atoms with E-state index in [1.807, 2.05) is 36.0 Å². The predicted octanol–water partition coefficient (Wildman–Crippen LogP) is 5.20. The van der Waals surface area contributed by atoms with Crippen LogP contribution in [0.2, 0.25) is 0 Å². The van der Waals surface area contributed by atoms with Crippen molar-refractivity contribution in [1.29, 1.82) is 0 Å². The van der Waals surface area contributed by atoms with Gasteiger partial charge in [-0.05, 0) is 46.4 Å². The van der Waals surface area contributed by atoms with Gasteiger partial charge in [-0.15, -0.1) is 0 Å². The highest BCUT2D eigenvalue weighted by molar-refractivity contribution is 7.99. The second kappa shape index (κ2) is 10.5. The molecule has 1 aliphatic carbocycles. The van der Waals surface area contributed by atoms with Gasteiger partial charge in [-0.1, -0.05) is 60.7 Å². The van der Waals surface area contributed by atoms with E-state index in [0.29, 0.717) is 18.4 Å². The summed E-state index contributed by atoms with van der Waals surface area (Å²) in [5, 5.41) is 7.02. The van der Waals surface area contributed by atoms with Crippen LogP contribution in [0.25, 0.3) is 11.1 Å². The lowest BCUT2D eigenvalue weighted by molar-refractivity contribution is 0.142. The fourth-order valence-electron chi connectivity index (χ4n) is 4.86. The van der Waals surface area contributed by atoms with Crippen LogP contribution in [0.1, 0.15) is 29.0 Å². The minimum absolute atomic E-state index is 0.0847. The van der Waals surface area contributed by atoms with E-state index in [-0.39, 0.29) is 18.1 Å². The van der Waals surface area contributed by atoms with Gasteiger partial charge in [0.25, 0.3) is 0 Å². The van der Waals surface area contributed by atoms with Crippen LogP contribution in [0, 0.1) is 0 Å². The number of thioether (sulfide) groups is 1. The Hall–Kier alpha value is -2.96. The van der Waals surface area contributed by atoms with E-state index in [9.17, 15) is 4.79 Å². The summed E-state index contributed by atoms with van der Waals surface area (Å²) in [5.41, 5.74) is 6.23. The van der Waals surface area contributed by atoms with Crippen LogP contribution in [0.4, 0.5) is 4.79 Å². The van der Waals surface area contributed by atoms with Crippen molar-refractivity contribution in [3.63, 3.8) is 0 Å². The highest BCUT2D eigenvalue weighted by Crippen LogP contribution is 2.44. The Morgan fingerprint density at radius 3 is 2.35 bits per heavy atom. The molecule has 2 atom stereocenters. The molecule has 0 bridgehead atoms. The van der Waals surface area contributed by atoms with Gasteiger partial charge in [-0.3, -0.25) is 0 Å². The second-order valence-electron chi connectivity index (χ2n) is 8.83. The van der Waals surface area contributed by atoms with Crippen LogP contribution in [0.5, 0.6) is 5.75 Å². The Morgan fingerprint density at radius 1 is 1.00 bits per heavy atom. The average molecular weight is 475 g/mol. The summed E-state index contributed by atoms with van der Waals surface area (Å²) in [5.74, 6) is 1.94. The van der Waals surface area contributed by atoms with Crippen LogP contribution in [-0.2, 0) is 10.5 Å². The molecule has 3 aromatic carbocycles. The monoisotopic (exact) mass is 474 g/mol. The van der Waals surface area contributed by atoms with E-state index in [4.69, 9.17) is 9.47 Å². The van der Waals surface area contributed by atoms with Crippen LogP contribution in [0.15, 0.2) is 72.8 Å². The minimum atomic E-state index is -0.349. The fraction of sp³-hybridized carbons (Fsp3) is 0.321. The number of carbonyl (C=O) groups excluding carboxylic acids is 1. The number of alkyl carbamates (subject to hydrolysis) is 1. The van der Waals surface area contributed by atoms with Gasteiger partial charge in [0, 0.05) is 36.1 Å². The number of ether oxygens (including phenoxy) is 2. The normalized spacial score (nSPS) is 18.9. The third-order valence-electron chi connectivity index (χ3n) is 6.66. The molecule has 0 radical (unpaired) electrons. The summed E-state index contributed by atoms with van der Waals surface area (Å²) < 4.78 is 10.9. The number of carbonyl (C=O) groups is 1. The third kappa shape index (κ3) is 5.08. The van der Waals surface area contributed by atoms with Gasteiger partial charge < -0.3 is 20.1 Å². The van der Waals surface area contributed by atoms with E-state index in [1.54, 1.807) is 7.11 Å². The van der Waals surface area contributed by atoms with Gasteiger partial charge >= 0.3 is 6.09 Å². The maximum Gasteiger partial charge on any atom is 0.407 e. The van der Waals surface area contributed by atoms with Crippen molar-refractivity contribution in [2.45, 2.75) is 29.4 Å². The molecule has 2 unspecified atom stereocenters. The molecule has 3 aromatic rings. The van der Waals surface area contributed by atoms with Crippen molar-refractivity contribution >= 4 is 17.9 Å². The molecule has 5 rings (SSSR count). The number of amides is 1. The number of methoxy groups -OCH3 is 1. The first kappa shape index (κ1) is 22.8. The van der Waals surface area contributed by atoms with Crippen LogP contribution in [-0.4, -0.2) is 44.2 Å². The quantitative estimate of drug-likeness (QED) is 0.470. The molecule has 0 aromatic heterocycles. The fourth-order valence-corrected chi connectivity index (χ4v) is 6.06. The largest absolute Gasteiger partial charge is 0.497 e. The molecule has 2 N–H and O–H groups in total. The van der Waals surface area contributed by atoms with Gasteiger partial charge in [0.05, 0.1) is 7.11 Å². The first-order valence-electron chi connectivity index (χ1n) is 11.8. The lowest BCUT2D eigenvalue weighted by Gasteiger charge is -2.16. The maximum atomic E-state index is 12.4. The summed E-state index contributed by atoms with van der Waals surface area (Å²) in [6, 6.07) is 25.3. The first-order valence-corrected chi connectivity index (χ1v) is 12.8. The van der Waals surface area contributed by atoms with Crippen molar-refractivity contribution in [2.24, 2.45) is 0 Å². The number of nitrogens with one attached hydrogen (secondary N) is 2. The van der Waals surface area contributed by atoms with Crippen LogP contribution >= 0.6 is 11.8 Å². The van der Waals surface area contributed by atoms with Crippen LogP contribution in [0.3, 0.4) is 0 Å². The SMILES string of the molecule is COc1ccc(CSC2CNC(CNC(=O)OCC3c4ccccc4-c4ccccc43)C2)cc1. The summed E-state index contributed by atoms with van der Waals surface area (Å²) in [6.07, 6.45) is 0.683. The third-order valence-corrected chi connectivity index (χ3v) is 7.99. The number of hydrogen-bond acceptors (Lipinski definition) is 5. The van der Waals surface area contributed by atoms with Gasteiger partial charge in [-0.25, -0.2) is 4.79 Å². The van der Waals surface area contributed by atoms with Crippen molar-refractivity contribution < 1.29 is 14.3 Å². The Labute approximate surface area is 205 Å². The molecule has 1 amide bonds. The Kier molecular flexibility index (Phi) is 7.07. The molecule has 6 heteroatoms. The molecule has 5 nitrogen and oxygen atoms in total. The Morgan fingerprint density at radius 2 is 1.68 bits per heavy atom. The molecule has 176 valence electrons. The lowest BCUT2D eigenvalue weighted by Crippen LogP contribution is -2.37. The van der Waals surface area contributed by atoms with E-state index in [1.165, 1.54) is 27.8 Å². The molecule has 1 fully saturated rings. The zero-order valence-corrected chi connectivity index (χ0v) is 20.1. The maximum absolute atomic E-state index is 12.4. The lowest BCUT2D eigenvalue weighted by atomic mass is 9.98. The van der Waals surface area contributed by atoms with Crippen molar-refractivity contribution in [1.82, 2.24) is 10.6 Å². The summed E-state index contributed by atoms with van der Waals surface area (Å²) in [4.78, 5) is 12.4. The molecule has 1 saturated heterocycles. The number of rotatable bonds is 8. The van der Waals surface area contributed by atoms with Gasteiger partial charge in [0.1, 0.15) is 12.4 Å². The predicted molar refractivity (Wildman–Crippen MR) is 138 cm³/mol. The van der Waals surface area contributed by atoms with Crippen molar-refractivity contribution in [3.8, 4) is 16.9 Å². The molecule has 34 heavy (non-hydrogen) atoms. The average Bonchev–Trinajstić information content (AvgIpc) is 3.47. The standard InChI is InChI=1S/C28H30N2O3S/c1-32-21-12-10-19(11-13-21)18-34-22-14-20(29-16-22)15-30-28(31)33-17-27-25-8-4-2-6-23(25)24-7-3-5-9-26(24)27/h2-13,20,22,27,29H,14-18H2,1H3,(H,30,31). The Balaban J connectivity index is 1.06. The zero-order chi connectivity index (χ0) is 23.3. The molecular weight excluding hydrogens is 444 g/mol. The molecular formula is C28H30N2O3S. The minimum Gasteiger partial charge on any atom is -0.497 e. The van der Waals surface area contributed by atoms with Gasteiger partial charge in [-0.2, -0.15) is 11.8 Å². The van der Waals surface area contributed by atoms with E-state index < -0.39 is 0 Å². The van der Waals surface area contributed by atoms with E-state index >= 15 is 0 Å². The summed E-state index contributed by atoms with van der Waals surface area (Å²) in [7, 11) is 1.69. The molecule has 1 aliphatic heterocycles. The smallest absolute Gasteiger partial charge is 0.407 e. The van der Waals surface area contributed by atoms with E-state index in [0.717, 1.165) is 24.5 Å². The highest BCUT2D eigenvalue weighted by Gasteiger charge is 2.29. The molecule has 1 heterocycles. The number of fused-ring (bicyclic) bond motifs is 3. The second-order valence-corrected chi connectivity index (χ2v) is 10.1. The molecule has 2 aliphatic rings. The first-order chi connectivity index (χ1) is 16.7. The summed E-state index contributed by atoms with van der Waals surface area (Å²) >= 11 is 1.96. The van der Waals surface area contributed by atoms with Gasteiger partial charge in [0.2, 0.25) is 0 Å². The number of hydrogen-bond donors (Lipinski definition) is 2. The zero-order valence-electron chi connectivity index (χ0n) is 19.3.